The van der Waals surface area contributed by atoms with E-state index in [9.17, 15) is 0 Å². The van der Waals surface area contributed by atoms with E-state index in [0.29, 0.717) is 6.54 Å². The van der Waals surface area contributed by atoms with Gasteiger partial charge >= 0.3 is 0 Å². The Labute approximate surface area is 179 Å². The van der Waals surface area contributed by atoms with Crippen molar-refractivity contribution in [1.29, 1.82) is 0 Å². The van der Waals surface area contributed by atoms with Crippen molar-refractivity contribution in [2.24, 2.45) is 4.99 Å². The lowest BCUT2D eigenvalue weighted by molar-refractivity contribution is 0.402. The Balaban J connectivity index is 0.00000338. The number of aliphatic imine (C=N–C) groups is 1. The molecule has 0 saturated heterocycles. The first-order chi connectivity index (χ1) is 12.1. The van der Waals surface area contributed by atoms with Gasteiger partial charge in [0.2, 0.25) is 0 Å². The molecule has 0 radical (unpaired) electrons. The highest BCUT2D eigenvalue weighted by molar-refractivity contribution is 14.0. The molecule has 0 saturated carbocycles. The number of guanidine groups is 1. The van der Waals surface area contributed by atoms with Crippen LogP contribution in [0.1, 0.15) is 22.9 Å². The molecule has 1 N–H and O–H groups in total. The van der Waals surface area contributed by atoms with Crippen LogP contribution in [-0.4, -0.2) is 50.0 Å². The molecule has 0 fully saturated rings. The van der Waals surface area contributed by atoms with Gasteiger partial charge in [0, 0.05) is 31.6 Å². The van der Waals surface area contributed by atoms with E-state index in [-0.39, 0.29) is 24.0 Å². The van der Waals surface area contributed by atoms with Crippen LogP contribution >= 0.6 is 35.3 Å². The van der Waals surface area contributed by atoms with Gasteiger partial charge in [0.05, 0.1) is 6.54 Å². The SMILES string of the molecule is CCNC(=NCc1cccc(CN(C)C)c1)N(C)CCc1cccs1.I. The van der Waals surface area contributed by atoms with Gasteiger partial charge in [-0.1, -0.05) is 30.3 Å². The minimum absolute atomic E-state index is 0. The fourth-order valence-corrected chi connectivity index (χ4v) is 3.36. The Bertz CT molecular complexity index is 656. The molecule has 0 atom stereocenters. The van der Waals surface area contributed by atoms with Gasteiger partial charge in [0.1, 0.15) is 0 Å². The maximum atomic E-state index is 4.83. The van der Waals surface area contributed by atoms with E-state index in [1.807, 2.05) is 11.3 Å². The molecule has 1 aromatic carbocycles. The Morgan fingerprint density at radius 1 is 1.12 bits per heavy atom. The summed E-state index contributed by atoms with van der Waals surface area (Å²) in [7, 11) is 6.30. The van der Waals surface area contributed by atoms with Crippen LogP contribution in [0.4, 0.5) is 0 Å². The zero-order chi connectivity index (χ0) is 18.1. The third kappa shape index (κ3) is 8.05. The van der Waals surface area contributed by atoms with E-state index in [4.69, 9.17) is 4.99 Å². The fraction of sp³-hybridized carbons (Fsp3) is 0.450. The van der Waals surface area contributed by atoms with Crippen molar-refractivity contribution < 1.29 is 0 Å². The van der Waals surface area contributed by atoms with E-state index in [1.54, 1.807) is 0 Å². The molecule has 0 aliphatic carbocycles. The number of halogens is 1. The van der Waals surface area contributed by atoms with Crippen LogP contribution in [0.15, 0.2) is 46.8 Å². The summed E-state index contributed by atoms with van der Waals surface area (Å²) in [6.45, 7) is 5.61. The summed E-state index contributed by atoms with van der Waals surface area (Å²) < 4.78 is 0. The first-order valence-electron chi connectivity index (χ1n) is 8.83. The van der Waals surface area contributed by atoms with Crippen LogP contribution < -0.4 is 5.32 Å². The topological polar surface area (TPSA) is 30.9 Å². The molecule has 0 aliphatic heterocycles. The van der Waals surface area contributed by atoms with Gasteiger partial charge in [-0.2, -0.15) is 0 Å². The number of nitrogens with one attached hydrogen (secondary N) is 1. The summed E-state index contributed by atoms with van der Waals surface area (Å²) in [5.41, 5.74) is 2.58. The molecule has 0 bridgehead atoms. The van der Waals surface area contributed by atoms with Gasteiger partial charge in [-0.05, 0) is 50.0 Å². The quantitative estimate of drug-likeness (QED) is 0.347. The maximum absolute atomic E-state index is 4.83. The first kappa shape index (κ1) is 22.9. The molecular weight excluding hydrogens is 455 g/mol. The Morgan fingerprint density at radius 2 is 1.88 bits per heavy atom. The molecule has 0 amide bonds. The second-order valence-electron chi connectivity index (χ2n) is 6.48. The second kappa shape index (κ2) is 12.3. The average Bonchev–Trinajstić information content (AvgIpc) is 3.09. The molecule has 1 heterocycles. The van der Waals surface area contributed by atoms with Crippen molar-refractivity contribution in [3.63, 3.8) is 0 Å². The van der Waals surface area contributed by atoms with Crippen molar-refractivity contribution in [2.45, 2.75) is 26.4 Å². The molecule has 0 aliphatic rings. The molecule has 26 heavy (non-hydrogen) atoms. The number of hydrogen-bond acceptors (Lipinski definition) is 3. The molecule has 2 aromatic rings. The summed E-state index contributed by atoms with van der Waals surface area (Å²) >= 11 is 1.82. The van der Waals surface area contributed by atoms with E-state index in [0.717, 1.165) is 32.0 Å². The zero-order valence-electron chi connectivity index (χ0n) is 16.2. The van der Waals surface area contributed by atoms with E-state index >= 15 is 0 Å². The predicted octanol–water partition coefficient (Wildman–Crippen LogP) is 4.07. The monoisotopic (exact) mass is 486 g/mol. The molecule has 2 rings (SSSR count). The molecule has 0 spiro atoms. The van der Waals surface area contributed by atoms with Crippen LogP contribution in [0.25, 0.3) is 0 Å². The second-order valence-corrected chi connectivity index (χ2v) is 7.51. The number of hydrogen-bond donors (Lipinski definition) is 1. The summed E-state index contributed by atoms with van der Waals surface area (Å²) in [4.78, 5) is 10.6. The van der Waals surface area contributed by atoms with E-state index in [1.165, 1.54) is 16.0 Å². The maximum Gasteiger partial charge on any atom is 0.193 e. The van der Waals surface area contributed by atoms with Crippen molar-refractivity contribution in [3.8, 4) is 0 Å². The fourth-order valence-electron chi connectivity index (χ4n) is 2.67. The molecule has 4 nitrogen and oxygen atoms in total. The van der Waals surface area contributed by atoms with Gasteiger partial charge in [0.15, 0.2) is 5.96 Å². The molecule has 6 heteroatoms. The Kier molecular flexibility index (Phi) is 10.8. The number of nitrogens with zero attached hydrogens (tertiary/aromatic N) is 3. The largest absolute Gasteiger partial charge is 0.357 e. The van der Waals surface area contributed by atoms with Gasteiger partial charge in [-0.3, -0.25) is 0 Å². The highest BCUT2D eigenvalue weighted by atomic mass is 127. The zero-order valence-corrected chi connectivity index (χ0v) is 19.4. The number of rotatable bonds is 8. The number of thiophene rings is 1. The summed E-state index contributed by atoms with van der Waals surface area (Å²) in [6, 6.07) is 13.0. The van der Waals surface area contributed by atoms with Crippen LogP contribution in [0.5, 0.6) is 0 Å². The highest BCUT2D eigenvalue weighted by Crippen LogP contribution is 2.10. The van der Waals surface area contributed by atoms with Crippen molar-refractivity contribution in [1.82, 2.24) is 15.1 Å². The van der Waals surface area contributed by atoms with E-state index < -0.39 is 0 Å². The third-order valence-corrected chi connectivity index (χ3v) is 4.81. The molecule has 144 valence electrons. The Morgan fingerprint density at radius 3 is 2.54 bits per heavy atom. The minimum atomic E-state index is 0. The van der Waals surface area contributed by atoms with Crippen molar-refractivity contribution >= 4 is 41.3 Å². The normalized spacial score (nSPS) is 11.3. The summed E-state index contributed by atoms with van der Waals surface area (Å²) in [5.74, 6) is 0.970. The third-order valence-electron chi connectivity index (χ3n) is 3.87. The molecule has 1 aromatic heterocycles. The highest BCUT2D eigenvalue weighted by Gasteiger charge is 2.06. The summed E-state index contributed by atoms with van der Waals surface area (Å²) in [5, 5.41) is 5.53. The lowest BCUT2D eigenvalue weighted by atomic mass is 10.1. The van der Waals surface area contributed by atoms with Gasteiger partial charge in [-0.15, -0.1) is 35.3 Å². The predicted molar refractivity (Wildman–Crippen MR) is 125 cm³/mol. The summed E-state index contributed by atoms with van der Waals surface area (Å²) in [6.07, 6.45) is 1.05. The van der Waals surface area contributed by atoms with Crippen molar-refractivity contribution in [2.75, 3.05) is 34.2 Å². The number of likely N-dealkylation sites (N-methyl/N-ethyl adjacent to an activating group) is 1. The smallest absolute Gasteiger partial charge is 0.193 e. The minimum Gasteiger partial charge on any atom is -0.357 e. The van der Waals surface area contributed by atoms with Gasteiger partial charge < -0.3 is 15.1 Å². The van der Waals surface area contributed by atoms with Crippen LogP contribution in [0.3, 0.4) is 0 Å². The van der Waals surface area contributed by atoms with Crippen LogP contribution in [0.2, 0.25) is 0 Å². The van der Waals surface area contributed by atoms with Gasteiger partial charge in [-0.25, -0.2) is 4.99 Å². The standard InChI is InChI=1S/C20H30N4S.HI/c1-5-21-20(24(4)12-11-19-10-7-13-25-19)22-15-17-8-6-9-18(14-17)16-23(2)3;/h6-10,13-14H,5,11-12,15-16H2,1-4H3,(H,21,22);1H. The van der Waals surface area contributed by atoms with E-state index in [2.05, 4.69) is 85.0 Å². The lowest BCUT2D eigenvalue weighted by Crippen LogP contribution is -2.39. The molecular formula is C20H31IN4S. The van der Waals surface area contributed by atoms with Crippen LogP contribution in [0, 0.1) is 0 Å². The van der Waals surface area contributed by atoms with Crippen molar-refractivity contribution in [3.05, 3.63) is 57.8 Å². The van der Waals surface area contributed by atoms with Gasteiger partial charge in [0.25, 0.3) is 0 Å². The Hall–Kier alpha value is -1.12. The first-order valence-corrected chi connectivity index (χ1v) is 9.71. The average molecular weight is 486 g/mol. The lowest BCUT2D eigenvalue weighted by Gasteiger charge is -2.22. The van der Waals surface area contributed by atoms with Crippen LogP contribution in [-0.2, 0) is 19.5 Å². The number of benzene rings is 1. The molecule has 0 unspecified atom stereocenters.